The number of anilines is 2. The van der Waals surface area contributed by atoms with Crippen molar-refractivity contribution in [1.29, 1.82) is 0 Å². The van der Waals surface area contributed by atoms with E-state index in [-0.39, 0.29) is 37.2 Å². The fourth-order valence-corrected chi connectivity index (χ4v) is 2.63. The molecule has 0 aromatic heterocycles. The van der Waals surface area contributed by atoms with Gasteiger partial charge in [-0.3, -0.25) is 24.5 Å². The Morgan fingerprint density at radius 3 is 2.27 bits per heavy atom. The molecule has 0 fully saturated rings. The van der Waals surface area contributed by atoms with Gasteiger partial charge in [0.25, 0.3) is 11.6 Å². The predicted octanol–water partition coefficient (Wildman–Crippen LogP) is 3.06. The van der Waals surface area contributed by atoms with Crippen molar-refractivity contribution in [2.24, 2.45) is 0 Å². The molecular formula is C22H23N3O8. The maximum atomic E-state index is 11.9. The lowest BCUT2D eigenvalue weighted by atomic mass is 10.2. The SMILES string of the molecule is CCOC(=O)c1ccc(NC(=O)COC(=O)CCCC(=O)Nc2cccc([N+](=O)[O-])c2)cc1. The molecule has 0 unspecified atom stereocenters. The highest BCUT2D eigenvalue weighted by Crippen LogP contribution is 2.17. The number of carbonyl (C=O) groups excluding carboxylic acids is 4. The van der Waals surface area contributed by atoms with Crippen LogP contribution in [-0.2, 0) is 23.9 Å². The van der Waals surface area contributed by atoms with Gasteiger partial charge in [0, 0.05) is 36.3 Å². The lowest BCUT2D eigenvalue weighted by molar-refractivity contribution is -0.384. The second-order valence-corrected chi connectivity index (χ2v) is 6.72. The number of benzene rings is 2. The number of nitro groups is 1. The van der Waals surface area contributed by atoms with E-state index in [1.54, 1.807) is 6.92 Å². The lowest BCUT2D eigenvalue weighted by Gasteiger charge is -2.08. The molecule has 33 heavy (non-hydrogen) atoms. The summed E-state index contributed by atoms with van der Waals surface area (Å²) in [7, 11) is 0. The molecule has 0 radical (unpaired) electrons. The van der Waals surface area contributed by atoms with Gasteiger partial charge in [-0.25, -0.2) is 4.79 Å². The third-order valence-electron chi connectivity index (χ3n) is 4.17. The molecule has 0 spiro atoms. The molecule has 2 aromatic rings. The molecular weight excluding hydrogens is 434 g/mol. The standard InChI is InChI=1S/C22H23N3O8/c1-2-32-22(29)15-9-11-16(12-10-15)23-20(27)14-33-21(28)8-4-7-19(26)24-17-5-3-6-18(13-17)25(30)31/h3,5-6,9-13H,2,4,7-8,14H2,1H3,(H,23,27)(H,24,26). The third-order valence-corrected chi connectivity index (χ3v) is 4.17. The van der Waals surface area contributed by atoms with Crippen molar-refractivity contribution in [3.05, 3.63) is 64.2 Å². The van der Waals surface area contributed by atoms with Gasteiger partial charge < -0.3 is 20.1 Å². The summed E-state index contributed by atoms with van der Waals surface area (Å²) in [6, 6.07) is 11.5. The Hall–Kier alpha value is -4.28. The molecule has 0 aliphatic rings. The molecule has 0 aliphatic carbocycles. The van der Waals surface area contributed by atoms with Gasteiger partial charge in [-0.2, -0.15) is 0 Å². The zero-order valence-corrected chi connectivity index (χ0v) is 17.9. The van der Waals surface area contributed by atoms with Crippen LogP contribution in [0.4, 0.5) is 17.1 Å². The summed E-state index contributed by atoms with van der Waals surface area (Å²) >= 11 is 0. The Kier molecular flexibility index (Phi) is 9.50. The number of amides is 2. The number of ether oxygens (including phenoxy) is 2. The van der Waals surface area contributed by atoms with Gasteiger partial charge in [0.1, 0.15) is 0 Å². The van der Waals surface area contributed by atoms with Gasteiger partial charge in [-0.05, 0) is 43.7 Å². The highest BCUT2D eigenvalue weighted by Gasteiger charge is 2.12. The van der Waals surface area contributed by atoms with Crippen LogP contribution in [0.25, 0.3) is 0 Å². The van der Waals surface area contributed by atoms with Crippen molar-refractivity contribution in [3.8, 4) is 0 Å². The van der Waals surface area contributed by atoms with Crippen LogP contribution in [0.15, 0.2) is 48.5 Å². The van der Waals surface area contributed by atoms with Gasteiger partial charge in [-0.15, -0.1) is 0 Å². The molecule has 2 rings (SSSR count). The molecule has 0 bridgehead atoms. The van der Waals surface area contributed by atoms with Gasteiger partial charge in [0.05, 0.1) is 17.1 Å². The maximum Gasteiger partial charge on any atom is 0.338 e. The van der Waals surface area contributed by atoms with Gasteiger partial charge in [0.2, 0.25) is 5.91 Å². The largest absolute Gasteiger partial charge is 0.462 e. The van der Waals surface area contributed by atoms with Crippen molar-refractivity contribution >= 4 is 40.8 Å². The molecule has 0 atom stereocenters. The van der Waals surface area contributed by atoms with Crippen molar-refractivity contribution in [2.75, 3.05) is 23.8 Å². The highest BCUT2D eigenvalue weighted by atomic mass is 16.6. The van der Waals surface area contributed by atoms with Crippen LogP contribution in [0.2, 0.25) is 0 Å². The number of esters is 2. The topological polar surface area (TPSA) is 154 Å². The molecule has 2 N–H and O–H groups in total. The first-order valence-corrected chi connectivity index (χ1v) is 10.1. The first-order valence-electron chi connectivity index (χ1n) is 10.1. The van der Waals surface area contributed by atoms with E-state index in [4.69, 9.17) is 9.47 Å². The number of nitrogens with one attached hydrogen (secondary N) is 2. The summed E-state index contributed by atoms with van der Waals surface area (Å²) in [5, 5.41) is 15.8. The number of nitro benzene ring substituents is 1. The summed E-state index contributed by atoms with van der Waals surface area (Å²) in [6.07, 6.45) is 0.0945. The zero-order chi connectivity index (χ0) is 24.2. The van der Waals surface area contributed by atoms with Gasteiger partial charge >= 0.3 is 11.9 Å². The minimum atomic E-state index is -0.647. The Morgan fingerprint density at radius 1 is 0.909 bits per heavy atom. The highest BCUT2D eigenvalue weighted by molar-refractivity contribution is 5.94. The van der Waals surface area contributed by atoms with Gasteiger partial charge in [0.15, 0.2) is 6.61 Å². The number of rotatable bonds is 11. The minimum absolute atomic E-state index is 0.00317. The summed E-state index contributed by atoms with van der Waals surface area (Å²) in [5.41, 5.74) is 0.894. The average Bonchev–Trinajstić information content (AvgIpc) is 2.78. The molecule has 174 valence electrons. The van der Waals surface area contributed by atoms with E-state index in [0.717, 1.165) is 0 Å². The van der Waals surface area contributed by atoms with Crippen LogP contribution in [0, 0.1) is 10.1 Å². The van der Waals surface area contributed by atoms with Crippen LogP contribution >= 0.6 is 0 Å². The number of hydrogen-bond acceptors (Lipinski definition) is 8. The first kappa shape index (κ1) is 25.0. The summed E-state index contributed by atoms with van der Waals surface area (Å²) in [4.78, 5) is 57.4. The van der Waals surface area contributed by atoms with Crippen LogP contribution in [-0.4, -0.2) is 41.9 Å². The van der Waals surface area contributed by atoms with E-state index in [1.807, 2.05) is 0 Å². The van der Waals surface area contributed by atoms with E-state index in [2.05, 4.69) is 10.6 Å². The Balaban J connectivity index is 1.67. The first-order chi connectivity index (χ1) is 15.8. The number of carbonyl (C=O) groups is 4. The predicted molar refractivity (Wildman–Crippen MR) is 118 cm³/mol. The van der Waals surface area contributed by atoms with Crippen LogP contribution < -0.4 is 10.6 Å². The van der Waals surface area contributed by atoms with E-state index < -0.39 is 35.3 Å². The minimum Gasteiger partial charge on any atom is -0.462 e. The zero-order valence-electron chi connectivity index (χ0n) is 17.9. The van der Waals surface area contributed by atoms with E-state index in [0.29, 0.717) is 11.3 Å². The number of hydrogen-bond donors (Lipinski definition) is 2. The van der Waals surface area contributed by atoms with Crippen molar-refractivity contribution in [1.82, 2.24) is 0 Å². The molecule has 2 amide bonds. The Bertz CT molecular complexity index is 1020. The monoisotopic (exact) mass is 457 g/mol. The average molecular weight is 457 g/mol. The van der Waals surface area contributed by atoms with E-state index in [1.165, 1.54) is 48.5 Å². The third kappa shape index (κ3) is 8.77. The lowest BCUT2D eigenvalue weighted by Crippen LogP contribution is -2.21. The fourth-order valence-electron chi connectivity index (χ4n) is 2.63. The van der Waals surface area contributed by atoms with E-state index >= 15 is 0 Å². The smallest absolute Gasteiger partial charge is 0.338 e. The van der Waals surface area contributed by atoms with Crippen molar-refractivity contribution in [3.63, 3.8) is 0 Å². The molecule has 0 saturated heterocycles. The van der Waals surface area contributed by atoms with Crippen LogP contribution in [0.5, 0.6) is 0 Å². The molecule has 11 heteroatoms. The molecule has 11 nitrogen and oxygen atoms in total. The molecule has 0 saturated carbocycles. The second-order valence-electron chi connectivity index (χ2n) is 6.72. The number of non-ortho nitro benzene ring substituents is 1. The summed E-state index contributed by atoms with van der Waals surface area (Å²) in [6.45, 7) is 1.45. The molecule has 0 heterocycles. The molecule has 0 aliphatic heterocycles. The Morgan fingerprint density at radius 2 is 1.61 bits per heavy atom. The second kappa shape index (κ2) is 12.5. The number of nitrogens with zero attached hydrogens (tertiary/aromatic N) is 1. The summed E-state index contributed by atoms with van der Waals surface area (Å²) < 4.78 is 9.75. The summed E-state index contributed by atoms with van der Waals surface area (Å²) in [5.74, 6) is -2.09. The quantitative estimate of drug-likeness (QED) is 0.296. The normalized spacial score (nSPS) is 10.1. The van der Waals surface area contributed by atoms with Crippen molar-refractivity contribution in [2.45, 2.75) is 26.2 Å². The van der Waals surface area contributed by atoms with E-state index in [9.17, 15) is 29.3 Å². The van der Waals surface area contributed by atoms with Crippen molar-refractivity contribution < 1.29 is 33.6 Å². The fraction of sp³-hybridized carbons (Fsp3) is 0.273. The van der Waals surface area contributed by atoms with Crippen LogP contribution in [0.1, 0.15) is 36.5 Å². The van der Waals surface area contributed by atoms with Gasteiger partial charge in [-0.1, -0.05) is 6.07 Å². The Labute approximate surface area is 189 Å². The van der Waals surface area contributed by atoms with Crippen LogP contribution in [0.3, 0.4) is 0 Å². The molecule has 2 aromatic carbocycles. The maximum absolute atomic E-state index is 11.9.